The fourth-order valence-corrected chi connectivity index (χ4v) is 5.43. The summed E-state index contributed by atoms with van der Waals surface area (Å²) in [6, 6.07) is 15.1. The van der Waals surface area contributed by atoms with Crippen molar-refractivity contribution >= 4 is 11.9 Å². The van der Waals surface area contributed by atoms with Gasteiger partial charge in [-0.05, 0) is 35.4 Å². The highest BCUT2D eigenvalue weighted by Crippen LogP contribution is 2.58. The zero-order valence-electron chi connectivity index (χ0n) is 24.9. The number of hydrogen-bond donors (Lipinski definition) is 0. The molecule has 0 spiro atoms. The van der Waals surface area contributed by atoms with E-state index in [1.165, 1.54) is 14.2 Å². The molecule has 1 fully saturated rings. The van der Waals surface area contributed by atoms with Crippen LogP contribution in [0.25, 0.3) is 0 Å². The number of ether oxygens (including phenoxy) is 9. The summed E-state index contributed by atoms with van der Waals surface area (Å²) in [7, 11) is 2.67. The van der Waals surface area contributed by atoms with Crippen LogP contribution >= 0.6 is 0 Å². The van der Waals surface area contributed by atoms with Crippen LogP contribution in [0.15, 0.2) is 48.5 Å². The van der Waals surface area contributed by atoms with Crippen LogP contribution in [0, 0.1) is 11.8 Å². The zero-order chi connectivity index (χ0) is 30.3. The molecule has 2 aromatic carbocycles. The van der Waals surface area contributed by atoms with Crippen molar-refractivity contribution < 1.29 is 52.2 Å². The predicted molar refractivity (Wildman–Crippen MR) is 154 cm³/mol. The standard InChI is InChI=1S/C32H42O11/c1-35-31(33)29-27-23-3-7-25(8-4-23)42-21-19-40-17-15-38-13-11-37-12-14-39-16-18-41-20-22-43-26-9-5-24(6-10-26)28(27)30(29)32(34)36-2/h3-10,27-30H,11-22H2,1-2H3/t27-,28+,29+,30-. The third kappa shape index (κ3) is 9.38. The summed E-state index contributed by atoms with van der Waals surface area (Å²) in [6.45, 7) is 5.37. The average molecular weight is 603 g/mol. The third-order valence-electron chi connectivity index (χ3n) is 7.51. The van der Waals surface area contributed by atoms with Gasteiger partial charge in [-0.2, -0.15) is 0 Å². The normalized spacial score (nSPS) is 24.9. The molecule has 0 aromatic heterocycles. The van der Waals surface area contributed by atoms with E-state index in [-0.39, 0.29) is 11.8 Å². The average Bonchev–Trinajstić information content (AvgIpc) is 3.02. The van der Waals surface area contributed by atoms with E-state index in [2.05, 4.69) is 0 Å². The zero-order valence-corrected chi connectivity index (χ0v) is 24.9. The lowest BCUT2D eigenvalue weighted by molar-refractivity contribution is -0.168. The van der Waals surface area contributed by atoms with Gasteiger partial charge in [0, 0.05) is 11.8 Å². The number of hydrogen-bond acceptors (Lipinski definition) is 11. The Balaban J connectivity index is 1.47. The molecule has 6 rings (SSSR count). The second-order valence-corrected chi connectivity index (χ2v) is 10.0. The molecule has 0 N–H and O–H groups in total. The molecule has 3 aliphatic heterocycles. The molecular weight excluding hydrogens is 560 g/mol. The van der Waals surface area contributed by atoms with Crippen molar-refractivity contribution in [3.63, 3.8) is 0 Å². The molecule has 4 bridgehead atoms. The summed E-state index contributed by atoms with van der Waals surface area (Å²) in [5.74, 6) is -1.50. The smallest absolute Gasteiger partial charge is 0.310 e. The van der Waals surface area contributed by atoms with Crippen molar-refractivity contribution in [1.29, 1.82) is 0 Å². The van der Waals surface area contributed by atoms with Crippen molar-refractivity contribution in [2.75, 3.05) is 93.5 Å². The maximum Gasteiger partial charge on any atom is 0.310 e. The lowest BCUT2D eigenvalue weighted by Crippen LogP contribution is -2.52. The summed E-state index contributed by atoms with van der Waals surface area (Å²) < 4.78 is 49.6. The van der Waals surface area contributed by atoms with E-state index in [0.29, 0.717) is 90.8 Å². The monoisotopic (exact) mass is 602 g/mol. The Morgan fingerprint density at radius 1 is 0.488 bits per heavy atom. The quantitative estimate of drug-likeness (QED) is 0.472. The van der Waals surface area contributed by atoms with E-state index >= 15 is 0 Å². The van der Waals surface area contributed by atoms with Gasteiger partial charge in [0.25, 0.3) is 0 Å². The lowest BCUT2D eigenvalue weighted by Gasteiger charge is -2.49. The third-order valence-corrected chi connectivity index (χ3v) is 7.51. The number of benzene rings is 2. The minimum absolute atomic E-state index is 0.294. The molecule has 0 radical (unpaired) electrons. The molecular formula is C32H42O11. The maximum atomic E-state index is 12.9. The van der Waals surface area contributed by atoms with Crippen LogP contribution in [0.2, 0.25) is 0 Å². The van der Waals surface area contributed by atoms with Crippen molar-refractivity contribution in [2.24, 2.45) is 11.8 Å². The van der Waals surface area contributed by atoms with Gasteiger partial charge < -0.3 is 42.6 Å². The van der Waals surface area contributed by atoms with Gasteiger partial charge in [0.05, 0.1) is 92.1 Å². The first-order valence-electron chi connectivity index (χ1n) is 14.6. The Morgan fingerprint density at radius 3 is 1.05 bits per heavy atom. The van der Waals surface area contributed by atoms with Gasteiger partial charge in [0.2, 0.25) is 0 Å². The van der Waals surface area contributed by atoms with E-state index in [9.17, 15) is 9.59 Å². The van der Waals surface area contributed by atoms with Crippen LogP contribution < -0.4 is 9.47 Å². The number of esters is 2. The highest BCUT2D eigenvalue weighted by molar-refractivity contribution is 5.87. The summed E-state index contributed by atoms with van der Waals surface area (Å²) in [5, 5.41) is 0. The van der Waals surface area contributed by atoms with Crippen LogP contribution in [0.1, 0.15) is 23.0 Å². The van der Waals surface area contributed by atoms with Crippen LogP contribution in [0.4, 0.5) is 0 Å². The van der Waals surface area contributed by atoms with Crippen molar-refractivity contribution in [3.05, 3.63) is 59.7 Å². The van der Waals surface area contributed by atoms with Crippen LogP contribution in [0.3, 0.4) is 0 Å². The molecule has 236 valence electrons. The molecule has 11 nitrogen and oxygen atoms in total. The minimum atomic E-state index is -0.682. The van der Waals surface area contributed by atoms with Crippen LogP contribution in [-0.2, 0) is 42.7 Å². The molecule has 11 heteroatoms. The minimum Gasteiger partial charge on any atom is -0.491 e. The van der Waals surface area contributed by atoms with Crippen LogP contribution in [-0.4, -0.2) is 105 Å². The largest absolute Gasteiger partial charge is 0.491 e. The van der Waals surface area contributed by atoms with E-state index in [1.807, 2.05) is 48.5 Å². The summed E-state index contributed by atoms with van der Waals surface area (Å²) in [6.07, 6.45) is 0. The van der Waals surface area contributed by atoms with Crippen LogP contribution in [0.5, 0.6) is 11.5 Å². The summed E-state index contributed by atoms with van der Waals surface area (Å²) in [4.78, 5) is 25.8. The number of methoxy groups -OCH3 is 2. The maximum absolute atomic E-state index is 12.9. The van der Waals surface area contributed by atoms with Crippen molar-refractivity contribution in [1.82, 2.24) is 0 Å². The van der Waals surface area contributed by atoms with Gasteiger partial charge in [-0.1, -0.05) is 24.3 Å². The molecule has 0 saturated heterocycles. The summed E-state index contributed by atoms with van der Waals surface area (Å²) >= 11 is 0. The molecule has 0 unspecified atom stereocenters. The molecule has 43 heavy (non-hydrogen) atoms. The predicted octanol–water partition coefficient (Wildman–Crippen LogP) is 3.00. The topological polar surface area (TPSA) is 117 Å². The Morgan fingerprint density at radius 2 is 0.767 bits per heavy atom. The molecule has 0 amide bonds. The number of carbonyl (C=O) groups is 2. The lowest BCUT2D eigenvalue weighted by atomic mass is 9.52. The van der Waals surface area contributed by atoms with E-state index in [0.717, 1.165) is 11.1 Å². The van der Waals surface area contributed by atoms with Gasteiger partial charge in [-0.15, -0.1) is 0 Å². The van der Waals surface area contributed by atoms with Gasteiger partial charge in [-0.25, -0.2) is 0 Å². The molecule has 1 aliphatic carbocycles. The SMILES string of the molecule is COC(=O)[C@@H]1[C@H](C(=O)OC)[C@H]2c3ccc(cc3)OCCOCCOCCOCCOCCOCCOc3ccc(cc3)[C@@H]12. The second-order valence-electron chi connectivity index (χ2n) is 10.0. The van der Waals surface area contributed by atoms with Gasteiger partial charge in [0.1, 0.15) is 24.7 Å². The van der Waals surface area contributed by atoms with Gasteiger partial charge >= 0.3 is 11.9 Å². The molecule has 2 aromatic rings. The number of rotatable bonds is 2. The van der Waals surface area contributed by atoms with E-state index in [1.54, 1.807) is 0 Å². The first-order chi connectivity index (χ1) is 21.1. The fourth-order valence-electron chi connectivity index (χ4n) is 5.43. The van der Waals surface area contributed by atoms with Gasteiger partial charge in [0.15, 0.2) is 0 Å². The first-order valence-corrected chi connectivity index (χ1v) is 14.6. The first kappa shape index (κ1) is 32.7. The Kier molecular flexibility index (Phi) is 13.5. The molecule has 1 saturated carbocycles. The Bertz CT molecular complexity index is 1020. The van der Waals surface area contributed by atoms with Crippen molar-refractivity contribution in [3.8, 4) is 11.5 Å². The summed E-state index contributed by atoms with van der Waals surface area (Å²) in [5.41, 5.74) is 1.80. The van der Waals surface area contributed by atoms with Gasteiger partial charge in [-0.3, -0.25) is 9.59 Å². The molecule has 3 heterocycles. The van der Waals surface area contributed by atoms with E-state index in [4.69, 9.17) is 42.6 Å². The van der Waals surface area contributed by atoms with E-state index < -0.39 is 23.8 Å². The highest BCUT2D eigenvalue weighted by Gasteiger charge is 2.59. The fraction of sp³-hybridized carbons (Fsp3) is 0.562. The Hall–Kier alpha value is -3.22. The highest BCUT2D eigenvalue weighted by atomic mass is 16.6. The Labute approximate surface area is 252 Å². The number of fused-ring (bicyclic) bond motifs is 2. The second kappa shape index (κ2) is 17.8. The van der Waals surface area contributed by atoms with Crippen molar-refractivity contribution in [2.45, 2.75) is 11.8 Å². The number of carbonyl (C=O) groups excluding carboxylic acids is 2. The molecule has 4 aliphatic rings. The molecule has 4 atom stereocenters.